The fourth-order valence-corrected chi connectivity index (χ4v) is 4.33. The average molecular weight is 332 g/mol. The van der Waals surface area contributed by atoms with Gasteiger partial charge in [-0.15, -0.1) is 11.3 Å². The molecule has 102 valence electrons. The van der Waals surface area contributed by atoms with Gasteiger partial charge in [0.15, 0.2) is 0 Å². The molecule has 0 aliphatic carbocycles. The molecular weight excluding hydrogens is 310 g/mol. The molecule has 2 heterocycles. The Kier molecular flexibility index (Phi) is 5.21. The van der Waals surface area contributed by atoms with Gasteiger partial charge in [-0.2, -0.15) is 0 Å². The minimum absolute atomic E-state index is 0.364. The van der Waals surface area contributed by atoms with E-state index in [2.05, 4.69) is 51.8 Å². The zero-order chi connectivity index (χ0) is 13.1. The van der Waals surface area contributed by atoms with Gasteiger partial charge in [-0.25, -0.2) is 0 Å². The summed E-state index contributed by atoms with van der Waals surface area (Å²) in [5, 5.41) is 0. The second kappa shape index (κ2) is 6.48. The molecular formula is C13H22BrN3S. The van der Waals surface area contributed by atoms with E-state index in [0.717, 1.165) is 13.1 Å². The number of nitrogens with zero attached hydrogens (tertiary/aromatic N) is 2. The van der Waals surface area contributed by atoms with E-state index in [1.807, 2.05) is 0 Å². The number of halogens is 1. The molecule has 0 aromatic carbocycles. The first-order chi connectivity index (χ1) is 8.61. The van der Waals surface area contributed by atoms with Gasteiger partial charge in [-0.3, -0.25) is 4.90 Å². The van der Waals surface area contributed by atoms with Crippen LogP contribution in [0.4, 0.5) is 0 Å². The van der Waals surface area contributed by atoms with E-state index in [-0.39, 0.29) is 0 Å². The minimum atomic E-state index is 0.364. The van der Waals surface area contributed by atoms with Crippen LogP contribution < -0.4 is 5.73 Å². The largest absolute Gasteiger partial charge is 0.329 e. The highest BCUT2D eigenvalue weighted by Gasteiger charge is 2.27. The Labute approximate surface area is 122 Å². The Balaban J connectivity index is 2.15. The molecule has 1 aliphatic heterocycles. The summed E-state index contributed by atoms with van der Waals surface area (Å²) in [6, 6.07) is 5.25. The van der Waals surface area contributed by atoms with Gasteiger partial charge in [0, 0.05) is 30.6 Å². The first-order valence-electron chi connectivity index (χ1n) is 6.51. The number of hydrogen-bond acceptors (Lipinski definition) is 4. The number of hydrogen-bond donors (Lipinski definition) is 1. The molecule has 2 rings (SSSR count). The van der Waals surface area contributed by atoms with Crippen molar-refractivity contribution >= 4 is 27.3 Å². The van der Waals surface area contributed by atoms with Crippen molar-refractivity contribution in [1.29, 1.82) is 0 Å². The molecule has 1 aliphatic rings. The Hall–Kier alpha value is 0.0600. The van der Waals surface area contributed by atoms with E-state index in [0.29, 0.717) is 18.6 Å². The summed E-state index contributed by atoms with van der Waals surface area (Å²) in [5.41, 5.74) is 6.03. The minimum Gasteiger partial charge on any atom is -0.329 e. The molecule has 1 fully saturated rings. The molecule has 0 amide bonds. The lowest BCUT2D eigenvalue weighted by atomic mass is 10.1. The van der Waals surface area contributed by atoms with Crippen LogP contribution in [-0.4, -0.2) is 49.1 Å². The summed E-state index contributed by atoms with van der Waals surface area (Å²) < 4.78 is 1.19. The van der Waals surface area contributed by atoms with E-state index in [1.54, 1.807) is 11.3 Å². The standard InChI is InChI=1S/C13H22BrN3S/c1-10-9-16(2)6-3-7-17(10)11(8-15)12-4-5-13(14)18-12/h4-5,10-11H,3,6-9,15H2,1-2H3. The van der Waals surface area contributed by atoms with Gasteiger partial charge in [-0.05, 0) is 55.0 Å². The zero-order valence-electron chi connectivity index (χ0n) is 11.1. The van der Waals surface area contributed by atoms with Crippen molar-refractivity contribution in [3.8, 4) is 0 Å². The van der Waals surface area contributed by atoms with Crippen LogP contribution in [0.5, 0.6) is 0 Å². The number of nitrogens with two attached hydrogens (primary N) is 1. The molecule has 1 saturated heterocycles. The Morgan fingerprint density at radius 1 is 1.50 bits per heavy atom. The molecule has 0 saturated carbocycles. The predicted molar refractivity (Wildman–Crippen MR) is 82.1 cm³/mol. The smallest absolute Gasteiger partial charge is 0.0702 e. The maximum absolute atomic E-state index is 6.03. The molecule has 2 N–H and O–H groups in total. The van der Waals surface area contributed by atoms with Crippen LogP contribution in [0.15, 0.2) is 15.9 Å². The number of likely N-dealkylation sites (N-methyl/N-ethyl adjacent to an activating group) is 1. The Bertz CT molecular complexity index is 382. The van der Waals surface area contributed by atoms with Crippen molar-refractivity contribution in [2.45, 2.75) is 25.4 Å². The van der Waals surface area contributed by atoms with E-state index < -0.39 is 0 Å². The van der Waals surface area contributed by atoms with Crippen LogP contribution in [0.3, 0.4) is 0 Å². The Morgan fingerprint density at radius 2 is 2.28 bits per heavy atom. The highest BCUT2D eigenvalue weighted by molar-refractivity contribution is 9.11. The van der Waals surface area contributed by atoms with E-state index >= 15 is 0 Å². The van der Waals surface area contributed by atoms with Gasteiger partial charge >= 0.3 is 0 Å². The van der Waals surface area contributed by atoms with Crippen LogP contribution in [0.1, 0.15) is 24.3 Å². The van der Waals surface area contributed by atoms with Crippen molar-refractivity contribution < 1.29 is 0 Å². The molecule has 0 radical (unpaired) electrons. The van der Waals surface area contributed by atoms with Crippen LogP contribution >= 0.6 is 27.3 Å². The molecule has 0 bridgehead atoms. The van der Waals surface area contributed by atoms with Gasteiger partial charge in [0.25, 0.3) is 0 Å². The third-order valence-electron chi connectivity index (χ3n) is 3.64. The first kappa shape index (κ1) is 14.5. The Morgan fingerprint density at radius 3 is 2.89 bits per heavy atom. The van der Waals surface area contributed by atoms with Crippen molar-refractivity contribution in [2.24, 2.45) is 5.73 Å². The number of rotatable bonds is 3. The van der Waals surface area contributed by atoms with Crippen molar-refractivity contribution in [3.05, 3.63) is 20.8 Å². The lowest BCUT2D eigenvalue weighted by Gasteiger charge is -2.34. The zero-order valence-corrected chi connectivity index (χ0v) is 13.5. The van der Waals surface area contributed by atoms with Crippen molar-refractivity contribution in [1.82, 2.24) is 9.80 Å². The summed E-state index contributed by atoms with van der Waals surface area (Å²) in [5.74, 6) is 0. The summed E-state index contributed by atoms with van der Waals surface area (Å²) in [7, 11) is 2.21. The summed E-state index contributed by atoms with van der Waals surface area (Å²) >= 11 is 5.35. The molecule has 1 aromatic rings. The van der Waals surface area contributed by atoms with Gasteiger partial charge in [0.2, 0.25) is 0 Å². The quantitative estimate of drug-likeness (QED) is 0.923. The highest BCUT2D eigenvalue weighted by Crippen LogP contribution is 2.32. The maximum atomic E-state index is 6.03. The molecule has 2 unspecified atom stereocenters. The van der Waals surface area contributed by atoms with Gasteiger partial charge in [-0.1, -0.05) is 0 Å². The van der Waals surface area contributed by atoms with E-state index in [9.17, 15) is 0 Å². The summed E-state index contributed by atoms with van der Waals surface area (Å²) in [6.45, 7) is 6.46. The van der Waals surface area contributed by atoms with Crippen molar-refractivity contribution in [3.63, 3.8) is 0 Å². The second-order valence-electron chi connectivity index (χ2n) is 5.10. The molecule has 1 aromatic heterocycles. The van der Waals surface area contributed by atoms with E-state index in [1.165, 1.54) is 21.6 Å². The van der Waals surface area contributed by atoms with Crippen molar-refractivity contribution in [2.75, 3.05) is 33.2 Å². The van der Waals surface area contributed by atoms with Crippen LogP contribution in [0.2, 0.25) is 0 Å². The molecule has 5 heteroatoms. The second-order valence-corrected chi connectivity index (χ2v) is 7.59. The van der Waals surface area contributed by atoms with Crippen LogP contribution in [0.25, 0.3) is 0 Å². The lowest BCUT2D eigenvalue weighted by Crippen LogP contribution is -2.42. The summed E-state index contributed by atoms with van der Waals surface area (Å²) in [6.07, 6.45) is 1.23. The third-order valence-corrected chi connectivity index (χ3v) is 5.37. The number of thiophene rings is 1. The maximum Gasteiger partial charge on any atom is 0.0702 e. The van der Waals surface area contributed by atoms with Gasteiger partial charge in [0.05, 0.1) is 9.83 Å². The predicted octanol–water partition coefficient (Wildman–Crippen LogP) is 2.54. The van der Waals surface area contributed by atoms with E-state index in [4.69, 9.17) is 5.73 Å². The van der Waals surface area contributed by atoms with Crippen LogP contribution in [-0.2, 0) is 0 Å². The average Bonchev–Trinajstić information content (AvgIpc) is 2.67. The topological polar surface area (TPSA) is 32.5 Å². The van der Waals surface area contributed by atoms with Gasteiger partial charge < -0.3 is 10.6 Å². The fraction of sp³-hybridized carbons (Fsp3) is 0.692. The normalized spacial score (nSPS) is 25.0. The molecule has 18 heavy (non-hydrogen) atoms. The monoisotopic (exact) mass is 331 g/mol. The SMILES string of the molecule is CC1CN(C)CCCN1C(CN)c1ccc(Br)s1. The third kappa shape index (κ3) is 3.33. The van der Waals surface area contributed by atoms with Crippen LogP contribution in [0, 0.1) is 0 Å². The molecule has 3 nitrogen and oxygen atoms in total. The molecule has 2 atom stereocenters. The fourth-order valence-electron chi connectivity index (χ4n) is 2.78. The van der Waals surface area contributed by atoms with Gasteiger partial charge in [0.1, 0.15) is 0 Å². The summed E-state index contributed by atoms with van der Waals surface area (Å²) in [4.78, 5) is 6.37. The highest BCUT2D eigenvalue weighted by atomic mass is 79.9. The lowest BCUT2D eigenvalue weighted by molar-refractivity contribution is 0.148. The first-order valence-corrected chi connectivity index (χ1v) is 8.12. The molecule has 0 spiro atoms.